The average Bonchev–Trinajstić information content (AvgIpc) is 3.16. The van der Waals surface area contributed by atoms with Crippen LogP contribution >= 0.6 is 0 Å². The third-order valence-corrected chi connectivity index (χ3v) is 5.95. The zero-order valence-corrected chi connectivity index (χ0v) is 17.0. The summed E-state index contributed by atoms with van der Waals surface area (Å²) in [5.41, 5.74) is 2.21. The highest BCUT2D eigenvalue weighted by molar-refractivity contribution is 5.88. The summed E-state index contributed by atoms with van der Waals surface area (Å²) < 4.78 is 1.89. The second-order valence-corrected chi connectivity index (χ2v) is 8.09. The van der Waals surface area contributed by atoms with Gasteiger partial charge in [-0.15, -0.1) is 0 Å². The van der Waals surface area contributed by atoms with E-state index in [2.05, 4.69) is 21.5 Å². The Kier molecular flexibility index (Phi) is 5.94. The molecule has 1 aromatic carbocycles. The SMILES string of the molecule is CC(NC(=O)C1CCC1)C(=O)N1CCN(Cc2cnn(-c3ccccc3)c2)CC1. The molecule has 1 saturated heterocycles. The van der Waals surface area contributed by atoms with Crippen LogP contribution in [0.25, 0.3) is 5.69 Å². The van der Waals surface area contributed by atoms with Gasteiger partial charge >= 0.3 is 0 Å². The molecule has 7 nitrogen and oxygen atoms in total. The van der Waals surface area contributed by atoms with E-state index in [0.29, 0.717) is 13.1 Å². The molecule has 1 aliphatic carbocycles. The maximum Gasteiger partial charge on any atom is 0.244 e. The van der Waals surface area contributed by atoms with Crippen LogP contribution in [0.3, 0.4) is 0 Å². The van der Waals surface area contributed by atoms with Crippen LogP contribution in [0.1, 0.15) is 31.7 Å². The van der Waals surface area contributed by atoms with Gasteiger partial charge in [-0.05, 0) is 31.9 Å². The van der Waals surface area contributed by atoms with Crippen LogP contribution in [-0.4, -0.2) is 63.6 Å². The van der Waals surface area contributed by atoms with Gasteiger partial charge in [0.15, 0.2) is 0 Å². The fourth-order valence-electron chi connectivity index (χ4n) is 3.89. The standard InChI is InChI=1S/C22H29N5O2/c1-17(24-21(28)19-6-5-7-19)22(29)26-12-10-25(11-13-26)15-18-14-23-27(16-18)20-8-3-2-4-9-20/h2-4,8-9,14,16-17,19H,5-7,10-13,15H2,1H3,(H,24,28). The lowest BCUT2D eigenvalue weighted by Gasteiger charge is -2.36. The molecule has 7 heteroatoms. The highest BCUT2D eigenvalue weighted by atomic mass is 16.2. The number of nitrogens with one attached hydrogen (secondary N) is 1. The van der Waals surface area contributed by atoms with Gasteiger partial charge < -0.3 is 10.2 Å². The Balaban J connectivity index is 1.24. The van der Waals surface area contributed by atoms with Crippen molar-refractivity contribution in [3.05, 3.63) is 48.3 Å². The van der Waals surface area contributed by atoms with Crippen LogP contribution in [0.5, 0.6) is 0 Å². The molecule has 1 N–H and O–H groups in total. The molecule has 0 radical (unpaired) electrons. The van der Waals surface area contributed by atoms with Crippen molar-refractivity contribution in [2.24, 2.45) is 5.92 Å². The number of rotatable bonds is 6. The van der Waals surface area contributed by atoms with Gasteiger partial charge in [-0.25, -0.2) is 4.68 Å². The monoisotopic (exact) mass is 395 g/mol. The minimum absolute atomic E-state index is 0.0224. The number of carbonyl (C=O) groups is 2. The van der Waals surface area contributed by atoms with Crippen LogP contribution in [-0.2, 0) is 16.1 Å². The Labute approximate surface area is 171 Å². The minimum atomic E-state index is -0.446. The molecule has 2 fully saturated rings. The number of amides is 2. The summed E-state index contributed by atoms with van der Waals surface area (Å²) in [5.74, 6) is 0.166. The first-order valence-corrected chi connectivity index (χ1v) is 10.5. The van der Waals surface area contributed by atoms with Crippen molar-refractivity contribution in [2.45, 2.75) is 38.8 Å². The number of benzene rings is 1. The topological polar surface area (TPSA) is 70.5 Å². The predicted molar refractivity (Wildman–Crippen MR) is 110 cm³/mol. The Morgan fingerprint density at radius 3 is 2.52 bits per heavy atom. The number of aromatic nitrogens is 2. The molecule has 2 heterocycles. The van der Waals surface area contributed by atoms with Crippen molar-refractivity contribution >= 4 is 11.8 Å². The smallest absolute Gasteiger partial charge is 0.244 e. The third kappa shape index (κ3) is 4.67. The maximum absolute atomic E-state index is 12.7. The first-order chi connectivity index (χ1) is 14.1. The molecular weight excluding hydrogens is 366 g/mol. The van der Waals surface area contributed by atoms with Crippen molar-refractivity contribution in [3.63, 3.8) is 0 Å². The van der Waals surface area contributed by atoms with Crippen LogP contribution in [0, 0.1) is 5.92 Å². The second kappa shape index (κ2) is 8.78. The van der Waals surface area contributed by atoms with E-state index in [1.54, 1.807) is 6.92 Å². The lowest BCUT2D eigenvalue weighted by Crippen LogP contribution is -2.54. The number of carbonyl (C=O) groups excluding carboxylic acids is 2. The summed E-state index contributed by atoms with van der Waals surface area (Å²) in [6, 6.07) is 9.62. The normalized spacial score (nSPS) is 18.9. The Bertz CT molecular complexity index is 838. The predicted octanol–water partition coefficient (Wildman–Crippen LogP) is 1.82. The van der Waals surface area contributed by atoms with Gasteiger partial charge in [0.1, 0.15) is 6.04 Å². The quantitative estimate of drug-likeness (QED) is 0.810. The lowest BCUT2D eigenvalue weighted by molar-refractivity contribution is -0.139. The van der Waals surface area contributed by atoms with Crippen LogP contribution < -0.4 is 5.32 Å². The molecule has 1 saturated carbocycles. The second-order valence-electron chi connectivity index (χ2n) is 8.09. The van der Waals surface area contributed by atoms with Crippen molar-refractivity contribution in [3.8, 4) is 5.69 Å². The number of hydrogen-bond donors (Lipinski definition) is 1. The molecule has 1 aromatic heterocycles. The molecule has 154 valence electrons. The Morgan fingerprint density at radius 2 is 1.86 bits per heavy atom. The van der Waals surface area contributed by atoms with E-state index in [4.69, 9.17) is 0 Å². The largest absolute Gasteiger partial charge is 0.344 e. The Hall–Kier alpha value is -2.67. The summed E-state index contributed by atoms with van der Waals surface area (Å²) in [4.78, 5) is 29.0. The van der Waals surface area contributed by atoms with E-state index < -0.39 is 6.04 Å². The van der Waals surface area contributed by atoms with Gasteiger partial charge in [-0.3, -0.25) is 14.5 Å². The first-order valence-electron chi connectivity index (χ1n) is 10.5. The fourth-order valence-corrected chi connectivity index (χ4v) is 3.89. The van der Waals surface area contributed by atoms with E-state index in [1.807, 2.05) is 46.1 Å². The zero-order valence-electron chi connectivity index (χ0n) is 17.0. The number of para-hydroxylation sites is 1. The summed E-state index contributed by atoms with van der Waals surface area (Å²) in [6.07, 6.45) is 6.98. The molecule has 2 aliphatic rings. The third-order valence-electron chi connectivity index (χ3n) is 5.95. The van der Waals surface area contributed by atoms with Crippen LogP contribution in [0.4, 0.5) is 0 Å². The molecule has 0 bridgehead atoms. The van der Waals surface area contributed by atoms with Gasteiger partial charge in [-0.1, -0.05) is 24.6 Å². The number of nitrogens with zero attached hydrogens (tertiary/aromatic N) is 4. The van der Waals surface area contributed by atoms with Crippen molar-refractivity contribution in [1.29, 1.82) is 0 Å². The molecule has 29 heavy (non-hydrogen) atoms. The van der Waals surface area contributed by atoms with Crippen molar-refractivity contribution < 1.29 is 9.59 Å². The molecule has 4 rings (SSSR count). The molecular formula is C22H29N5O2. The van der Waals surface area contributed by atoms with Crippen LogP contribution in [0.15, 0.2) is 42.7 Å². The van der Waals surface area contributed by atoms with E-state index in [9.17, 15) is 9.59 Å². The Morgan fingerprint density at radius 1 is 1.14 bits per heavy atom. The zero-order chi connectivity index (χ0) is 20.2. The van der Waals surface area contributed by atoms with Gasteiger partial charge in [0, 0.05) is 50.4 Å². The fraction of sp³-hybridized carbons (Fsp3) is 0.500. The van der Waals surface area contributed by atoms with E-state index in [1.165, 1.54) is 0 Å². The van der Waals surface area contributed by atoms with E-state index in [0.717, 1.165) is 50.1 Å². The van der Waals surface area contributed by atoms with Crippen molar-refractivity contribution in [2.75, 3.05) is 26.2 Å². The summed E-state index contributed by atoms with van der Waals surface area (Å²) in [7, 11) is 0. The molecule has 1 atom stereocenters. The highest BCUT2D eigenvalue weighted by Crippen LogP contribution is 2.26. The first kappa shape index (κ1) is 19.6. The highest BCUT2D eigenvalue weighted by Gasteiger charge is 2.30. The average molecular weight is 396 g/mol. The maximum atomic E-state index is 12.7. The van der Waals surface area contributed by atoms with Gasteiger partial charge in [0.05, 0.1) is 11.9 Å². The molecule has 1 aliphatic heterocycles. The van der Waals surface area contributed by atoms with Gasteiger partial charge in [-0.2, -0.15) is 5.10 Å². The molecule has 2 aromatic rings. The van der Waals surface area contributed by atoms with Crippen molar-refractivity contribution in [1.82, 2.24) is 24.9 Å². The number of piperazine rings is 1. The minimum Gasteiger partial charge on any atom is -0.344 e. The van der Waals surface area contributed by atoms with Gasteiger partial charge in [0.2, 0.25) is 11.8 Å². The van der Waals surface area contributed by atoms with Crippen LogP contribution in [0.2, 0.25) is 0 Å². The van der Waals surface area contributed by atoms with E-state index >= 15 is 0 Å². The lowest BCUT2D eigenvalue weighted by atomic mass is 9.84. The van der Waals surface area contributed by atoms with E-state index in [-0.39, 0.29) is 17.7 Å². The molecule has 2 amide bonds. The number of hydrogen-bond acceptors (Lipinski definition) is 4. The van der Waals surface area contributed by atoms with Gasteiger partial charge in [0.25, 0.3) is 0 Å². The summed E-state index contributed by atoms with van der Waals surface area (Å²) >= 11 is 0. The summed E-state index contributed by atoms with van der Waals surface area (Å²) in [5, 5.41) is 7.35. The summed E-state index contributed by atoms with van der Waals surface area (Å²) in [6.45, 7) is 5.65. The molecule has 1 unspecified atom stereocenters. The molecule has 0 spiro atoms.